The Balaban J connectivity index is 1.88. The highest BCUT2D eigenvalue weighted by atomic mass is 16.5. The number of phenolic OH excluding ortho intramolecular Hbond substituents is 1. The first kappa shape index (κ1) is 25.5. The van der Waals surface area contributed by atoms with E-state index in [2.05, 4.69) is 0 Å². The van der Waals surface area contributed by atoms with Gasteiger partial charge in [-0.2, -0.15) is 0 Å². The largest absolute Gasteiger partial charge is 0.508 e. The van der Waals surface area contributed by atoms with Gasteiger partial charge in [0.1, 0.15) is 17.3 Å². The maximum absolute atomic E-state index is 13.4. The molecule has 8 heteroatoms. The summed E-state index contributed by atoms with van der Waals surface area (Å²) in [6.07, 6.45) is 0.658. The number of carbonyl (C=O) groups excluding carboxylic acids is 3. The number of nitrogens with zero attached hydrogens (tertiary/aromatic N) is 1. The van der Waals surface area contributed by atoms with Crippen molar-refractivity contribution >= 4 is 29.1 Å². The lowest BCUT2D eigenvalue weighted by atomic mass is 9.94. The predicted molar refractivity (Wildman–Crippen MR) is 138 cm³/mol. The average Bonchev–Trinajstić information content (AvgIpc) is 3.17. The molecule has 3 aromatic carbocycles. The minimum Gasteiger partial charge on any atom is -0.508 e. The van der Waals surface area contributed by atoms with Crippen molar-refractivity contribution in [1.82, 2.24) is 0 Å². The van der Waals surface area contributed by atoms with Crippen LogP contribution in [-0.4, -0.2) is 41.6 Å². The Morgan fingerprint density at radius 1 is 1.00 bits per heavy atom. The number of amides is 1. The van der Waals surface area contributed by atoms with Crippen molar-refractivity contribution in [1.29, 1.82) is 0 Å². The molecule has 1 aliphatic heterocycles. The predicted octanol–water partition coefficient (Wildman–Crippen LogP) is 4.90. The van der Waals surface area contributed by atoms with Gasteiger partial charge in [0, 0.05) is 11.3 Å². The zero-order chi connectivity index (χ0) is 26.7. The van der Waals surface area contributed by atoms with Gasteiger partial charge in [0.05, 0.1) is 30.9 Å². The molecular formula is C29H27NO7. The minimum atomic E-state index is -1.01. The molecule has 0 spiro atoms. The van der Waals surface area contributed by atoms with E-state index >= 15 is 0 Å². The maximum Gasteiger partial charge on any atom is 0.338 e. The van der Waals surface area contributed by atoms with Gasteiger partial charge < -0.3 is 19.7 Å². The normalized spacial score (nSPS) is 16.6. The van der Waals surface area contributed by atoms with Gasteiger partial charge in [-0.3, -0.25) is 14.5 Å². The fourth-order valence-electron chi connectivity index (χ4n) is 4.31. The molecule has 0 aliphatic carbocycles. The van der Waals surface area contributed by atoms with Crippen molar-refractivity contribution in [3.05, 3.63) is 94.6 Å². The third kappa shape index (κ3) is 4.91. The van der Waals surface area contributed by atoms with Crippen molar-refractivity contribution in [2.24, 2.45) is 0 Å². The first-order valence-electron chi connectivity index (χ1n) is 11.8. The van der Waals surface area contributed by atoms with Gasteiger partial charge in [0.25, 0.3) is 11.7 Å². The summed E-state index contributed by atoms with van der Waals surface area (Å²) in [7, 11) is 1.53. The molecule has 190 valence electrons. The van der Waals surface area contributed by atoms with Gasteiger partial charge in [0.15, 0.2) is 0 Å². The second kappa shape index (κ2) is 10.6. The highest BCUT2D eigenvalue weighted by Gasteiger charge is 2.47. The first-order chi connectivity index (χ1) is 17.8. The number of aryl methyl sites for hydroxylation is 1. The highest BCUT2D eigenvalue weighted by molar-refractivity contribution is 6.51. The zero-order valence-corrected chi connectivity index (χ0v) is 20.7. The van der Waals surface area contributed by atoms with Crippen LogP contribution in [0.3, 0.4) is 0 Å². The summed E-state index contributed by atoms with van der Waals surface area (Å²) in [5.41, 5.74) is 1.97. The number of benzene rings is 3. The molecule has 1 atom stereocenters. The van der Waals surface area contributed by atoms with Crippen LogP contribution in [-0.2, 0) is 14.3 Å². The molecule has 0 bridgehead atoms. The lowest BCUT2D eigenvalue weighted by molar-refractivity contribution is -0.132. The van der Waals surface area contributed by atoms with Gasteiger partial charge in [-0.15, -0.1) is 0 Å². The molecule has 2 N–H and O–H groups in total. The summed E-state index contributed by atoms with van der Waals surface area (Å²) < 4.78 is 10.5. The number of ketones is 1. The van der Waals surface area contributed by atoms with Crippen molar-refractivity contribution in [3.8, 4) is 11.5 Å². The van der Waals surface area contributed by atoms with Gasteiger partial charge in [-0.25, -0.2) is 4.79 Å². The van der Waals surface area contributed by atoms with Crippen LogP contribution in [0.25, 0.3) is 5.76 Å². The van der Waals surface area contributed by atoms with E-state index < -0.39 is 23.7 Å². The van der Waals surface area contributed by atoms with E-state index in [9.17, 15) is 24.6 Å². The van der Waals surface area contributed by atoms with Crippen molar-refractivity contribution in [2.75, 3.05) is 18.6 Å². The summed E-state index contributed by atoms with van der Waals surface area (Å²) in [4.78, 5) is 40.4. The number of aliphatic hydroxyl groups is 1. The second-order valence-corrected chi connectivity index (χ2v) is 8.63. The fourth-order valence-corrected chi connectivity index (χ4v) is 4.31. The van der Waals surface area contributed by atoms with Crippen LogP contribution in [0.1, 0.15) is 46.4 Å². The molecule has 0 radical (unpaired) electrons. The molecule has 1 amide bonds. The third-order valence-corrected chi connectivity index (χ3v) is 6.12. The molecule has 37 heavy (non-hydrogen) atoms. The number of hydrogen-bond acceptors (Lipinski definition) is 7. The molecule has 1 fully saturated rings. The van der Waals surface area contributed by atoms with Gasteiger partial charge in [-0.1, -0.05) is 25.1 Å². The molecule has 0 aromatic heterocycles. The number of aliphatic hydroxyl groups excluding tert-OH is 1. The molecule has 1 saturated heterocycles. The second-order valence-electron chi connectivity index (χ2n) is 8.63. The van der Waals surface area contributed by atoms with Crippen LogP contribution < -0.4 is 9.64 Å². The number of carbonyl (C=O) groups is 3. The van der Waals surface area contributed by atoms with E-state index in [-0.39, 0.29) is 34.9 Å². The van der Waals surface area contributed by atoms with E-state index in [0.29, 0.717) is 23.3 Å². The lowest BCUT2D eigenvalue weighted by Crippen LogP contribution is -2.29. The van der Waals surface area contributed by atoms with Gasteiger partial charge in [0.2, 0.25) is 0 Å². The molecule has 3 aromatic rings. The SMILES string of the molecule is CCCOC(=O)c1cccc(N2C(=O)C(=O)/C(=C(/O)c3ccc(OC)c(C)c3)C2c2ccc(O)cc2)c1. The molecule has 8 nitrogen and oxygen atoms in total. The molecule has 1 heterocycles. The fraction of sp³-hybridized carbons (Fsp3) is 0.207. The summed E-state index contributed by atoms with van der Waals surface area (Å²) >= 11 is 0. The van der Waals surface area contributed by atoms with E-state index in [1.165, 1.54) is 30.2 Å². The topological polar surface area (TPSA) is 113 Å². The van der Waals surface area contributed by atoms with Gasteiger partial charge in [-0.05, 0) is 73.0 Å². The Labute approximate surface area is 214 Å². The summed E-state index contributed by atoms with van der Waals surface area (Å²) in [5, 5.41) is 21.1. The smallest absolute Gasteiger partial charge is 0.338 e. The van der Waals surface area contributed by atoms with E-state index in [1.54, 1.807) is 55.5 Å². The maximum atomic E-state index is 13.4. The average molecular weight is 502 g/mol. The molecule has 1 aliphatic rings. The Morgan fingerprint density at radius 2 is 1.73 bits per heavy atom. The first-order valence-corrected chi connectivity index (χ1v) is 11.8. The number of Topliss-reactive ketones (excluding diaryl/α,β-unsaturated/α-hetero) is 1. The number of rotatable bonds is 7. The van der Waals surface area contributed by atoms with Crippen LogP contribution in [0.5, 0.6) is 11.5 Å². The third-order valence-electron chi connectivity index (χ3n) is 6.12. The van der Waals surface area contributed by atoms with Crippen LogP contribution >= 0.6 is 0 Å². The van der Waals surface area contributed by atoms with Crippen LogP contribution in [0.15, 0.2) is 72.3 Å². The van der Waals surface area contributed by atoms with E-state index in [1.807, 2.05) is 6.92 Å². The summed E-state index contributed by atoms with van der Waals surface area (Å²) in [5.74, 6) is -2.00. The minimum absolute atomic E-state index is 0.00662. The molecular weight excluding hydrogens is 474 g/mol. The van der Waals surface area contributed by atoms with Crippen LogP contribution in [0.2, 0.25) is 0 Å². The zero-order valence-electron chi connectivity index (χ0n) is 20.7. The van der Waals surface area contributed by atoms with Crippen LogP contribution in [0, 0.1) is 6.92 Å². The van der Waals surface area contributed by atoms with Crippen molar-refractivity contribution in [3.63, 3.8) is 0 Å². The number of esters is 1. The molecule has 1 unspecified atom stereocenters. The monoisotopic (exact) mass is 501 g/mol. The van der Waals surface area contributed by atoms with E-state index in [0.717, 1.165) is 5.56 Å². The molecule has 0 saturated carbocycles. The number of anilines is 1. The standard InChI is InChI=1S/C29H27NO7/c1-4-14-37-29(35)20-6-5-7-21(16-20)30-25(18-8-11-22(31)12-9-18)24(27(33)28(30)34)26(32)19-10-13-23(36-3)17(2)15-19/h5-13,15-16,25,31-32H,4,14H2,1-3H3/b26-24+. The summed E-state index contributed by atoms with van der Waals surface area (Å²) in [6.45, 7) is 3.93. The Kier molecular flexibility index (Phi) is 7.29. The van der Waals surface area contributed by atoms with Gasteiger partial charge >= 0.3 is 5.97 Å². The number of phenols is 1. The number of ether oxygens (including phenoxy) is 2. The Bertz CT molecular complexity index is 1390. The molecule has 4 rings (SSSR count). The Morgan fingerprint density at radius 3 is 2.38 bits per heavy atom. The number of aromatic hydroxyl groups is 1. The number of methoxy groups -OCH3 is 1. The quantitative estimate of drug-likeness (QED) is 0.205. The van der Waals surface area contributed by atoms with E-state index in [4.69, 9.17) is 9.47 Å². The Hall–Kier alpha value is -4.59. The van der Waals surface area contributed by atoms with Crippen molar-refractivity contribution < 1.29 is 34.1 Å². The summed E-state index contributed by atoms with van der Waals surface area (Å²) in [6, 6.07) is 16.2. The lowest BCUT2D eigenvalue weighted by Gasteiger charge is -2.26. The van der Waals surface area contributed by atoms with Crippen LogP contribution in [0.4, 0.5) is 5.69 Å². The highest BCUT2D eigenvalue weighted by Crippen LogP contribution is 2.43. The van der Waals surface area contributed by atoms with Crippen molar-refractivity contribution in [2.45, 2.75) is 26.3 Å². The number of hydrogen-bond donors (Lipinski definition) is 2.